The zero-order valence-corrected chi connectivity index (χ0v) is 16.3. The molecule has 0 bridgehead atoms. The van der Waals surface area contributed by atoms with Gasteiger partial charge in [0, 0.05) is 17.8 Å². The number of carbonyl (C=O) groups is 1. The molecule has 6 heteroatoms. The molecule has 1 aliphatic carbocycles. The van der Waals surface area contributed by atoms with Crippen LogP contribution in [0.2, 0.25) is 5.02 Å². The Hall–Kier alpha value is -2.01. The third-order valence-corrected chi connectivity index (χ3v) is 4.96. The molecule has 2 aromatic rings. The summed E-state index contributed by atoms with van der Waals surface area (Å²) in [6.45, 7) is 6.64. The number of para-hydroxylation sites is 1. The van der Waals surface area contributed by atoms with Crippen molar-refractivity contribution in [1.82, 2.24) is 15.1 Å². The molecule has 0 radical (unpaired) electrons. The third-order valence-electron chi connectivity index (χ3n) is 4.66. The van der Waals surface area contributed by atoms with Crippen molar-refractivity contribution in [3.63, 3.8) is 0 Å². The highest BCUT2D eigenvalue weighted by Crippen LogP contribution is 2.31. The number of amides is 1. The summed E-state index contributed by atoms with van der Waals surface area (Å²) >= 11 is 6.21. The Kier molecular flexibility index (Phi) is 5.87. The van der Waals surface area contributed by atoms with Gasteiger partial charge in [0.15, 0.2) is 0 Å². The first-order valence-electron chi connectivity index (χ1n) is 9.27. The second-order valence-electron chi connectivity index (χ2n) is 6.96. The SMILES string of the molecule is CCOc1c(Cl)cccc1CC(=O)NC1CCCc2cn(C(C)C)nc21. The molecule has 140 valence electrons. The molecule has 1 amide bonds. The number of benzene rings is 1. The minimum absolute atomic E-state index is 0.0269. The largest absolute Gasteiger partial charge is 0.492 e. The number of nitrogens with zero attached hydrogens (tertiary/aromatic N) is 2. The van der Waals surface area contributed by atoms with Crippen molar-refractivity contribution in [2.75, 3.05) is 6.61 Å². The van der Waals surface area contributed by atoms with E-state index in [0.717, 1.165) is 30.5 Å². The fraction of sp³-hybridized carbons (Fsp3) is 0.500. The number of ether oxygens (including phenoxy) is 1. The zero-order chi connectivity index (χ0) is 18.7. The number of nitrogens with one attached hydrogen (secondary N) is 1. The van der Waals surface area contributed by atoms with Crippen LogP contribution >= 0.6 is 11.6 Å². The lowest BCUT2D eigenvalue weighted by molar-refractivity contribution is -0.121. The Morgan fingerprint density at radius 1 is 1.46 bits per heavy atom. The monoisotopic (exact) mass is 375 g/mol. The van der Waals surface area contributed by atoms with Crippen LogP contribution in [0.4, 0.5) is 0 Å². The lowest BCUT2D eigenvalue weighted by atomic mass is 9.93. The van der Waals surface area contributed by atoms with E-state index in [9.17, 15) is 4.79 Å². The number of halogens is 1. The molecule has 1 unspecified atom stereocenters. The lowest BCUT2D eigenvalue weighted by Crippen LogP contribution is -2.32. The van der Waals surface area contributed by atoms with Gasteiger partial charge >= 0.3 is 0 Å². The number of rotatable bonds is 6. The highest BCUT2D eigenvalue weighted by atomic mass is 35.5. The maximum absolute atomic E-state index is 12.7. The Morgan fingerprint density at radius 2 is 2.27 bits per heavy atom. The number of aromatic nitrogens is 2. The van der Waals surface area contributed by atoms with Gasteiger partial charge in [0.2, 0.25) is 5.91 Å². The second-order valence-corrected chi connectivity index (χ2v) is 7.37. The summed E-state index contributed by atoms with van der Waals surface area (Å²) in [6, 6.07) is 5.80. The van der Waals surface area contributed by atoms with Gasteiger partial charge < -0.3 is 10.1 Å². The van der Waals surface area contributed by atoms with E-state index in [1.54, 1.807) is 6.07 Å². The smallest absolute Gasteiger partial charge is 0.225 e. The van der Waals surface area contributed by atoms with Crippen molar-refractivity contribution in [2.24, 2.45) is 0 Å². The normalized spacial score (nSPS) is 16.4. The van der Waals surface area contributed by atoms with Crippen LogP contribution in [0.15, 0.2) is 24.4 Å². The van der Waals surface area contributed by atoms with Gasteiger partial charge in [0.1, 0.15) is 5.75 Å². The van der Waals surface area contributed by atoms with Crippen LogP contribution in [0.25, 0.3) is 0 Å². The number of aryl methyl sites for hydroxylation is 1. The zero-order valence-electron chi connectivity index (χ0n) is 15.6. The maximum atomic E-state index is 12.7. The maximum Gasteiger partial charge on any atom is 0.225 e. The standard InChI is InChI=1S/C20H26ClN3O2/c1-4-26-20-14(7-5-9-16(20)21)11-18(25)22-17-10-6-8-15-12-24(13(2)3)23-19(15)17/h5,7,9,12-13,17H,4,6,8,10-11H2,1-3H3,(H,22,25). The number of hydrogen-bond donors (Lipinski definition) is 1. The van der Waals surface area contributed by atoms with Crippen molar-refractivity contribution in [3.05, 3.63) is 46.2 Å². The highest BCUT2D eigenvalue weighted by molar-refractivity contribution is 6.32. The van der Waals surface area contributed by atoms with Crippen LogP contribution in [0.1, 0.15) is 62.5 Å². The minimum atomic E-state index is -0.0369. The topological polar surface area (TPSA) is 56.1 Å². The molecule has 26 heavy (non-hydrogen) atoms. The highest BCUT2D eigenvalue weighted by Gasteiger charge is 2.26. The Morgan fingerprint density at radius 3 is 3.00 bits per heavy atom. The summed E-state index contributed by atoms with van der Waals surface area (Å²) in [4.78, 5) is 12.7. The van der Waals surface area contributed by atoms with E-state index >= 15 is 0 Å². The first-order valence-corrected chi connectivity index (χ1v) is 9.64. The van der Waals surface area contributed by atoms with E-state index in [1.165, 1.54) is 5.56 Å². The van der Waals surface area contributed by atoms with Crippen molar-refractivity contribution >= 4 is 17.5 Å². The second kappa shape index (κ2) is 8.12. The summed E-state index contributed by atoms with van der Waals surface area (Å²) in [7, 11) is 0. The number of hydrogen-bond acceptors (Lipinski definition) is 3. The van der Waals surface area contributed by atoms with Gasteiger partial charge in [-0.3, -0.25) is 9.48 Å². The van der Waals surface area contributed by atoms with Crippen LogP contribution in [-0.2, 0) is 17.6 Å². The molecule has 0 spiro atoms. The van der Waals surface area contributed by atoms with Gasteiger partial charge in [-0.25, -0.2) is 0 Å². The average Bonchev–Trinajstić information content (AvgIpc) is 3.04. The molecular formula is C20H26ClN3O2. The first kappa shape index (κ1) is 18.8. The molecule has 1 aromatic carbocycles. The van der Waals surface area contributed by atoms with Gasteiger partial charge in [-0.2, -0.15) is 5.10 Å². The van der Waals surface area contributed by atoms with E-state index in [1.807, 2.05) is 23.7 Å². The average molecular weight is 376 g/mol. The van der Waals surface area contributed by atoms with E-state index in [2.05, 4.69) is 25.4 Å². The van der Waals surface area contributed by atoms with Gasteiger partial charge in [-0.05, 0) is 51.7 Å². The lowest BCUT2D eigenvalue weighted by Gasteiger charge is -2.22. The van der Waals surface area contributed by atoms with Crippen LogP contribution in [0, 0.1) is 0 Å². The Bertz CT molecular complexity index is 785. The van der Waals surface area contributed by atoms with Crippen LogP contribution < -0.4 is 10.1 Å². The van der Waals surface area contributed by atoms with Crippen molar-refractivity contribution in [3.8, 4) is 5.75 Å². The van der Waals surface area contributed by atoms with Crippen LogP contribution in [-0.4, -0.2) is 22.3 Å². The van der Waals surface area contributed by atoms with Crippen molar-refractivity contribution in [1.29, 1.82) is 0 Å². The van der Waals surface area contributed by atoms with Crippen molar-refractivity contribution < 1.29 is 9.53 Å². The molecule has 0 saturated carbocycles. The Labute approximate surface area is 159 Å². The van der Waals surface area contributed by atoms with Gasteiger partial charge in [0.05, 0.1) is 29.8 Å². The molecule has 1 aromatic heterocycles. The number of carbonyl (C=O) groups excluding carboxylic acids is 1. The summed E-state index contributed by atoms with van der Waals surface area (Å²) in [5, 5.41) is 8.40. The summed E-state index contributed by atoms with van der Waals surface area (Å²) < 4.78 is 7.60. The predicted octanol–water partition coefficient (Wildman–Crippen LogP) is 4.25. The first-order chi connectivity index (χ1) is 12.5. The Balaban J connectivity index is 1.73. The molecule has 1 N–H and O–H groups in total. The molecule has 1 aliphatic rings. The molecule has 0 saturated heterocycles. The van der Waals surface area contributed by atoms with Crippen LogP contribution in [0.3, 0.4) is 0 Å². The fourth-order valence-corrected chi connectivity index (χ4v) is 3.63. The third kappa shape index (κ3) is 4.04. The molecule has 1 atom stereocenters. The van der Waals surface area contributed by atoms with E-state index in [0.29, 0.717) is 23.4 Å². The van der Waals surface area contributed by atoms with Gasteiger partial charge in [-0.1, -0.05) is 23.7 Å². The van der Waals surface area contributed by atoms with E-state index < -0.39 is 0 Å². The number of fused-ring (bicyclic) bond motifs is 1. The summed E-state index contributed by atoms with van der Waals surface area (Å²) in [5.41, 5.74) is 3.06. The molecular weight excluding hydrogens is 350 g/mol. The van der Waals surface area contributed by atoms with Gasteiger partial charge in [-0.15, -0.1) is 0 Å². The van der Waals surface area contributed by atoms with Gasteiger partial charge in [0.25, 0.3) is 0 Å². The molecule has 5 nitrogen and oxygen atoms in total. The predicted molar refractivity (Wildman–Crippen MR) is 103 cm³/mol. The summed E-state index contributed by atoms with van der Waals surface area (Å²) in [5.74, 6) is 0.561. The van der Waals surface area contributed by atoms with E-state index in [-0.39, 0.29) is 18.4 Å². The van der Waals surface area contributed by atoms with Crippen LogP contribution in [0.5, 0.6) is 5.75 Å². The molecule has 3 rings (SSSR count). The fourth-order valence-electron chi connectivity index (χ4n) is 3.38. The molecule has 1 heterocycles. The van der Waals surface area contributed by atoms with E-state index in [4.69, 9.17) is 21.4 Å². The summed E-state index contributed by atoms with van der Waals surface area (Å²) in [6.07, 6.45) is 5.36. The molecule has 0 fully saturated rings. The van der Waals surface area contributed by atoms with Crippen molar-refractivity contribution in [2.45, 2.75) is 58.5 Å². The quantitative estimate of drug-likeness (QED) is 0.821. The molecule has 0 aliphatic heterocycles. The minimum Gasteiger partial charge on any atom is -0.492 e.